The van der Waals surface area contributed by atoms with Crippen LogP contribution >= 0.6 is 0 Å². The van der Waals surface area contributed by atoms with Gasteiger partial charge in [0.2, 0.25) is 0 Å². The average Bonchev–Trinajstić information content (AvgIpc) is 2.85. The van der Waals surface area contributed by atoms with E-state index in [9.17, 15) is 24.5 Å². The number of anilines is 1. The minimum Gasteiger partial charge on any atom is -0.462 e. The Bertz CT molecular complexity index is 1210. The maximum Gasteiger partial charge on any atom is 0.338 e. The maximum atomic E-state index is 13.1. The van der Waals surface area contributed by atoms with Gasteiger partial charge in [0, 0.05) is 35.6 Å². The van der Waals surface area contributed by atoms with Crippen molar-refractivity contribution in [1.29, 1.82) is 0 Å². The monoisotopic (exact) mass is 494 g/mol. The number of hydrogen-bond acceptors (Lipinski definition) is 6. The van der Waals surface area contributed by atoms with Crippen molar-refractivity contribution >= 4 is 29.3 Å². The molecular weight excluding hydrogens is 464 g/mol. The lowest BCUT2D eigenvalue weighted by molar-refractivity contribution is -0.384. The normalized spacial score (nSPS) is 15.5. The fourth-order valence-electron chi connectivity index (χ4n) is 3.87. The molecule has 3 amide bonds. The van der Waals surface area contributed by atoms with Crippen LogP contribution in [0.1, 0.15) is 56.1 Å². The number of allylic oxidation sites excluding steroid dienone is 1. The van der Waals surface area contributed by atoms with Gasteiger partial charge in [0.25, 0.3) is 11.6 Å². The van der Waals surface area contributed by atoms with E-state index in [1.165, 1.54) is 29.2 Å². The first-order valence-corrected chi connectivity index (χ1v) is 11.7. The lowest BCUT2D eigenvalue weighted by Gasteiger charge is -2.35. The second kappa shape index (κ2) is 11.5. The lowest BCUT2D eigenvalue weighted by Crippen LogP contribution is -2.48. The van der Waals surface area contributed by atoms with Crippen LogP contribution in [-0.2, 0) is 9.53 Å². The number of nitrogens with zero attached hydrogens (tertiary/aromatic N) is 2. The van der Waals surface area contributed by atoms with E-state index in [4.69, 9.17) is 4.74 Å². The van der Waals surface area contributed by atoms with E-state index in [0.717, 1.165) is 0 Å². The highest BCUT2D eigenvalue weighted by atomic mass is 16.6. The topological polar surface area (TPSA) is 131 Å². The number of amides is 3. The van der Waals surface area contributed by atoms with E-state index in [2.05, 4.69) is 10.6 Å². The molecule has 1 heterocycles. The number of carbonyl (C=O) groups excluding carboxylic acids is 3. The Morgan fingerprint density at radius 2 is 1.92 bits per heavy atom. The Balaban J connectivity index is 1.93. The largest absolute Gasteiger partial charge is 0.462 e. The van der Waals surface area contributed by atoms with Crippen LogP contribution in [0.5, 0.6) is 0 Å². The molecule has 2 N–H and O–H groups in total. The quantitative estimate of drug-likeness (QED) is 0.293. The van der Waals surface area contributed by atoms with E-state index >= 15 is 0 Å². The summed E-state index contributed by atoms with van der Waals surface area (Å²) >= 11 is 0. The number of nitro groups is 1. The highest BCUT2D eigenvalue weighted by Gasteiger charge is 2.36. The standard InChI is InChI=1S/C26H30N4O6/c1-5-12-29-17(4)22(25(32)36-15-16(2)3)23(28-26(29)33)18-8-6-10-20(13-18)27-24(31)19-9-7-11-21(14-19)30(34)35/h6-11,13-14,16,23H,5,12,15H2,1-4H3,(H,27,31)(H,28,33). The van der Waals surface area contributed by atoms with Crippen molar-refractivity contribution in [3.05, 3.63) is 81.0 Å². The molecule has 0 radical (unpaired) electrons. The van der Waals surface area contributed by atoms with Gasteiger partial charge in [-0.1, -0.05) is 39.0 Å². The van der Waals surface area contributed by atoms with Crippen LogP contribution in [-0.4, -0.2) is 40.9 Å². The van der Waals surface area contributed by atoms with Crippen LogP contribution in [0.15, 0.2) is 59.8 Å². The van der Waals surface area contributed by atoms with Crippen LogP contribution < -0.4 is 10.6 Å². The molecule has 36 heavy (non-hydrogen) atoms. The third-order valence-electron chi connectivity index (χ3n) is 5.61. The molecule has 1 aliphatic rings. The smallest absolute Gasteiger partial charge is 0.338 e. The zero-order chi connectivity index (χ0) is 26.4. The molecule has 2 aromatic rings. The molecule has 2 aromatic carbocycles. The molecule has 1 unspecified atom stereocenters. The summed E-state index contributed by atoms with van der Waals surface area (Å²) in [7, 11) is 0. The molecule has 0 aromatic heterocycles. The maximum absolute atomic E-state index is 13.1. The summed E-state index contributed by atoms with van der Waals surface area (Å²) in [5.41, 5.74) is 1.76. The van der Waals surface area contributed by atoms with Gasteiger partial charge in [-0.15, -0.1) is 0 Å². The third kappa shape index (κ3) is 6.07. The van der Waals surface area contributed by atoms with Crippen LogP contribution in [0.3, 0.4) is 0 Å². The van der Waals surface area contributed by atoms with Gasteiger partial charge >= 0.3 is 12.0 Å². The molecule has 10 heteroatoms. The van der Waals surface area contributed by atoms with Crippen LogP contribution in [0, 0.1) is 16.0 Å². The zero-order valence-electron chi connectivity index (χ0n) is 20.7. The summed E-state index contributed by atoms with van der Waals surface area (Å²) in [6.45, 7) is 8.23. The molecule has 190 valence electrons. The highest BCUT2D eigenvalue weighted by Crippen LogP contribution is 2.32. The number of carbonyl (C=O) groups is 3. The van der Waals surface area contributed by atoms with Crippen molar-refractivity contribution in [2.75, 3.05) is 18.5 Å². The minimum atomic E-state index is -0.778. The molecule has 0 aliphatic carbocycles. The van der Waals surface area contributed by atoms with Crippen molar-refractivity contribution in [3.63, 3.8) is 0 Å². The van der Waals surface area contributed by atoms with Gasteiger partial charge in [0.05, 0.1) is 23.1 Å². The average molecular weight is 495 g/mol. The first kappa shape index (κ1) is 26.4. The van der Waals surface area contributed by atoms with Crippen molar-refractivity contribution in [2.45, 2.75) is 40.2 Å². The Morgan fingerprint density at radius 3 is 2.58 bits per heavy atom. The SMILES string of the molecule is CCCN1C(=O)NC(c2cccc(NC(=O)c3cccc([N+](=O)[O-])c3)c2)C(C(=O)OCC(C)C)=C1C. The second-order valence-electron chi connectivity index (χ2n) is 8.91. The van der Waals surface area contributed by atoms with E-state index in [1.54, 1.807) is 31.2 Å². The van der Waals surface area contributed by atoms with Gasteiger partial charge in [-0.05, 0) is 43.0 Å². The molecule has 0 spiro atoms. The molecule has 0 fully saturated rings. The number of rotatable bonds is 9. The Kier molecular flexibility index (Phi) is 8.42. The summed E-state index contributed by atoms with van der Waals surface area (Å²) in [6.07, 6.45) is 0.711. The summed E-state index contributed by atoms with van der Waals surface area (Å²) in [4.78, 5) is 50.7. The van der Waals surface area contributed by atoms with Gasteiger partial charge in [0.1, 0.15) is 0 Å². The van der Waals surface area contributed by atoms with Crippen LogP contribution in [0.4, 0.5) is 16.2 Å². The van der Waals surface area contributed by atoms with E-state index < -0.39 is 22.8 Å². The van der Waals surface area contributed by atoms with Crippen LogP contribution in [0.2, 0.25) is 0 Å². The minimum absolute atomic E-state index is 0.129. The van der Waals surface area contributed by atoms with E-state index in [-0.39, 0.29) is 29.8 Å². The fourth-order valence-corrected chi connectivity index (χ4v) is 3.87. The first-order valence-electron chi connectivity index (χ1n) is 11.7. The van der Waals surface area contributed by atoms with Gasteiger partial charge in [-0.25, -0.2) is 9.59 Å². The molecule has 0 saturated carbocycles. The van der Waals surface area contributed by atoms with E-state index in [1.807, 2.05) is 20.8 Å². The van der Waals surface area contributed by atoms with Crippen molar-refractivity contribution in [3.8, 4) is 0 Å². The molecular formula is C26H30N4O6. The van der Waals surface area contributed by atoms with Crippen molar-refractivity contribution in [1.82, 2.24) is 10.2 Å². The number of non-ortho nitro benzene ring substituents is 1. The first-order chi connectivity index (χ1) is 17.1. The second-order valence-corrected chi connectivity index (χ2v) is 8.91. The number of benzene rings is 2. The summed E-state index contributed by atoms with van der Waals surface area (Å²) in [5.74, 6) is -0.898. The third-order valence-corrected chi connectivity index (χ3v) is 5.61. The Hall–Kier alpha value is -4.21. The molecule has 0 bridgehead atoms. The Morgan fingerprint density at radius 1 is 1.19 bits per heavy atom. The summed E-state index contributed by atoms with van der Waals surface area (Å²) in [6, 6.07) is 11.0. The molecule has 1 aliphatic heterocycles. The fraction of sp³-hybridized carbons (Fsp3) is 0.346. The molecule has 3 rings (SSSR count). The predicted octanol–water partition coefficient (Wildman–Crippen LogP) is 4.80. The number of urea groups is 1. The number of hydrogen-bond donors (Lipinski definition) is 2. The molecule has 10 nitrogen and oxygen atoms in total. The van der Waals surface area contributed by atoms with Crippen molar-refractivity contribution < 1.29 is 24.0 Å². The summed E-state index contributed by atoms with van der Waals surface area (Å²) in [5, 5.41) is 16.6. The molecule has 1 atom stereocenters. The van der Waals surface area contributed by atoms with Gasteiger partial charge in [-0.3, -0.25) is 19.8 Å². The lowest BCUT2D eigenvalue weighted by atomic mass is 9.94. The van der Waals surface area contributed by atoms with Crippen LogP contribution in [0.25, 0.3) is 0 Å². The molecule has 0 saturated heterocycles. The number of ether oxygens (including phenoxy) is 1. The predicted molar refractivity (Wildman–Crippen MR) is 134 cm³/mol. The highest BCUT2D eigenvalue weighted by molar-refractivity contribution is 6.04. The van der Waals surface area contributed by atoms with Gasteiger partial charge in [-0.2, -0.15) is 0 Å². The van der Waals surface area contributed by atoms with Gasteiger partial charge < -0.3 is 15.4 Å². The van der Waals surface area contributed by atoms with E-state index in [0.29, 0.717) is 35.5 Å². The van der Waals surface area contributed by atoms with Gasteiger partial charge in [0.15, 0.2) is 0 Å². The zero-order valence-corrected chi connectivity index (χ0v) is 20.7. The number of esters is 1. The summed E-state index contributed by atoms with van der Waals surface area (Å²) < 4.78 is 5.51. The van der Waals surface area contributed by atoms with Crippen molar-refractivity contribution in [2.24, 2.45) is 5.92 Å². The Labute approximate surface area is 209 Å². The number of nitro benzene ring substituents is 1. The number of nitrogens with one attached hydrogen (secondary N) is 2.